The molecule has 2 aromatic rings. The lowest BCUT2D eigenvalue weighted by Gasteiger charge is -2.13. The van der Waals surface area contributed by atoms with E-state index in [-0.39, 0.29) is 11.9 Å². The summed E-state index contributed by atoms with van der Waals surface area (Å²) in [6.45, 7) is 6.75. The molecule has 6 heteroatoms. The number of fused-ring (bicyclic) bond motifs is 1. The Kier molecular flexibility index (Phi) is 3.59. The molecule has 1 aromatic heterocycles. The van der Waals surface area contributed by atoms with Crippen molar-refractivity contribution in [1.82, 2.24) is 14.9 Å². The molecule has 1 aliphatic rings. The third kappa shape index (κ3) is 2.28. The maximum absolute atomic E-state index is 12.0. The van der Waals surface area contributed by atoms with E-state index in [0.29, 0.717) is 0 Å². The van der Waals surface area contributed by atoms with E-state index in [1.807, 2.05) is 37.5 Å². The molecule has 21 heavy (non-hydrogen) atoms. The topological polar surface area (TPSA) is 59.0 Å². The number of nitrogens with zero attached hydrogens (tertiary/aromatic N) is 2. The van der Waals surface area contributed by atoms with Crippen molar-refractivity contribution >= 4 is 27.5 Å². The minimum atomic E-state index is -0.277. The van der Waals surface area contributed by atoms with Gasteiger partial charge in [-0.15, -0.1) is 0 Å². The number of carbonyl (C=O) groups is 1. The maximum atomic E-state index is 12.0. The summed E-state index contributed by atoms with van der Waals surface area (Å²) >= 11 is 3.61. The number of aryl methyl sites for hydroxylation is 1. The van der Waals surface area contributed by atoms with Gasteiger partial charge in [0.25, 0.3) is 0 Å². The van der Waals surface area contributed by atoms with E-state index in [4.69, 9.17) is 0 Å². The molecule has 1 unspecified atom stereocenters. The van der Waals surface area contributed by atoms with E-state index in [1.54, 1.807) is 6.33 Å². The van der Waals surface area contributed by atoms with E-state index >= 15 is 0 Å². The monoisotopic (exact) mass is 348 g/mol. The molecule has 2 N–H and O–H groups in total. The number of hydrogen-bond donors (Lipinski definition) is 2. The molecule has 5 nitrogen and oxygen atoms in total. The van der Waals surface area contributed by atoms with Crippen LogP contribution in [0.2, 0.25) is 0 Å². The highest BCUT2D eigenvalue weighted by Gasteiger charge is 2.31. The first-order valence-electron chi connectivity index (χ1n) is 6.91. The Morgan fingerprint density at radius 1 is 1.43 bits per heavy atom. The second kappa shape index (κ2) is 5.27. The normalized spacial score (nSPS) is 17.0. The minimum Gasteiger partial charge on any atom is -0.324 e. The van der Waals surface area contributed by atoms with Gasteiger partial charge in [-0.1, -0.05) is 6.92 Å². The summed E-state index contributed by atoms with van der Waals surface area (Å²) in [5, 5.41) is 6.14. The number of amides is 1. The summed E-state index contributed by atoms with van der Waals surface area (Å²) < 4.78 is 2.97. The number of halogens is 1. The van der Waals surface area contributed by atoms with Crippen molar-refractivity contribution in [2.75, 3.05) is 11.9 Å². The molecular weight excluding hydrogens is 332 g/mol. The molecule has 0 spiro atoms. The molecular formula is C15H17BrN4O. The molecule has 1 atom stereocenters. The van der Waals surface area contributed by atoms with Crippen LogP contribution in [0.5, 0.6) is 0 Å². The van der Waals surface area contributed by atoms with Crippen LogP contribution in [-0.4, -0.2) is 22.0 Å². The molecule has 0 radical (unpaired) electrons. The van der Waals surface area contributed by atoms with Crippen molar-refractivity contribution in [2.45, 2.75) is 26.8 Å². The molecule has 1 aliphatic heterocycles. The molecule has 0 fully saturated rings. The second-order valence-electron chi connectivity index (χ2n) is 5.16. The van der Waals surface area contributed by atoms with Gasteiger partial charge in [0.1, 0.15) is 6.04 Å². The highest BCUT2D eigenvalue weighted by Crippen LogP contribution is 2.37. The van der Waals surface area contributed by atoms with Crippen LogP contribution in [0.25, 0.3) is 5.69 Å². The zero-order valence-electron chi connectivity index (χ0n) is 12.2. The summed E-state index contributed by atoms with van der Waals surface area (Å²) in [6, 6.07) is 3.72. The molecule has 3 rings (SSSR count). The van der Waals surface area contributed by atoms with Crippen LogP contribution in [0.3, 0.4) is 0 Å². The Labute approximate surface area is 131 Å². The van der Waals surface area contributed by atoms with Gasteiger partial charge in [-0.25, -0.2) is 4.98 Å². The van der Waals surface area contributed by atoms with Gasteiger partial charge in [0.2, 0.25) is 5.91 Å². The number of anilines is 1. The first kappa shape index (κ1) is 14.3. The maximum Gasteiger partial charge on any atom is 0.246 e. The Bertz CT molecular complexity index is 723. The first-order chi connectivity index (χ1) is 10.0. The fourth-order valence-electron chi connectivity index (χ4n) is 2.60. The third-order valence-electron chi connectivity index (χ3n) is 3.87. The third-order valence-corrected chi connectivity index (χ3v) is 4.50. The van der Waals surface area contributed by atoms with Gasteiger partial charge in [0, 0.05) is 21.4 Å². The molecule has 0 aliphatic carbocycles. The van der Waals surface area contributed by atoms with Gasteiger partial charge in [-0.05, 0) is 48.5 Å². The largest absolute Gasteiger partial charge is 0.324 e. The standard InChI is InChI=1S/C15H17BrN4O/c1-4-17-14-10-5-11(16)13(6-12(10)19-15(14)21)20-7-18-8(2)9(20)3/h5-7,14,17H,4H2,1-3H3,(H,19,21). The van der Waals surface area contributed by atoms with Crippen LogP contribution in [0.15, 0.2) is 22.9 Å². The van der Waals surface area contributed by atoms with Crippen LogP contribution >= 0.6 is 15.9 Å². The van der Waals surface area contributed by atoms with Crippen molar-refractivity contribution in [1.29, 1.82) is 0 Å². The Morgan fingerprint density at radius 3 is 2.81 bits per heavy atom. The molecule has 0 saturated heterocycles. The lowest BCUT2D eigenvalue weighted by Crippen LogP contribution is -2.27. The van der Waals surface area contributed by atoms with Crippen LogP contribution in [0, 0.1) is 13.8 Å². The number of likely N-dealkylation sites (N-methyl/N-ethyl adjacent to an activating group) is 1. The Hall–Kier alpha value is -1.66. The summed E-state index contributed by atoms with van der Waals surface area (Å²) in [5.74, 6) is -0.00515. The minimum absolute atomic E-state index is 0.00515. The average Bonchev–Trinajstić information content (AvgIpc) is 2.92. The number of nitrogens with one attached hydrogen (secondary N) is 2. The van der Waals surface area contributed by atoms with E-state index in [1.165, 1.54) is 0 Å². The van der Waals surface area contributed by atoms with Crippen molar-refractivity contribution in [3.8, 4) is 5.69 Å². The predicted octanol–water partition coefficient (Wildman–Crippen LogP) is 2.85. The predicted molar refractivity (Wildman–Crippen MR) is 85.8 cm³/mol. The Morgan fingerprint density at radius 2 is 2.19 bits per heavy atom. The van der Waals surface area contributed by atoms with E-state index in [9.17, 15) is 4.79 Å². The molecule has 110 valence electrons. The van der Waals surface area contributed by atoms with Crippen LogP contribution in [0.4, 0.5) is 5.69 Å². The lowest BCUT2D eigenvalue weighted by atomic mass is 10.1. The smallest absolute Gasteiger partial charge is 0.246 e. The van der Waals surface area contributed by atoms with Crippen molar-refractivity contribution in [3.05, 3.63) is 39.9 Å². The number of imidazole rings is 1. The van der Waals surface area contributed by atoms with Crippen LogP contribution < -0.4 is 10.6 Å². The highest BCUT2D eigenvalue weighted by molar-refractivity contribution is 9.10. The molecule has 0 saturated carbocycles. The van der Waals surface area contributed by atoms with Crippen LogP contribution in [-0.2, 0) is 4.79 Å². The second-order valence-corrected chi connectivity index (χ2v) is 6.01. The van der Waals surface area contributed by atoms with Gasteiger partial charge >= 0.3 is 0 Å². The number of benzene rings is 1. The summed E-state index contributed by atoms with van der Waals surface area (Å²) in [4.78, 5) is 16.4. The summed E-state index contributed by atoms with van der Waals surface area (Å²) in [6.07, 6.45) is 1.80. The summed E-state index contributed by atoms with van der Waals surface area (Å²) in [7, 11) is 0. The zero-order chi connectivity index (χ0) is 15.1. The number of rotatable bonds is 3. The quantitative estimate of drug-likeness (QED) is 0.896. The van der Waals surface area contributed by atoms with Gasteiger partial charge in [-0.3, -0.25) is 4.79 Å². The SMILES string of the molecule is CCNC1C(=O)Nc2cc(-n3cnc(C)c3C)c(Br)cc21. The molecule has 0 bridgehead atoms. The number of hydrogen-bond acceptors (Lipinski definition) is 3. The van der Waals surface area contributed by atoms with Gasteiger partial charge in [-0.2, -0.15) is 0 Å². The molecule has 2 heterocycles. The van der Waals surface area contributed by atoms with Gasteiger partial charge in [0.15, 0.2) is 0 Å². The van der Waals surface area contributed by atoms with Gasteiger partial charge in [0.05, 0.1) is 17.7 Å². The fraction of sp³-hybridized carbons (Fsp3) is 0.333. The van der Waals surface area contributed by atoms with E-state index in [2.05, 4.69) is 31.5 Å². The van der Waals surface area contributed by atoms with E-state index in [0.717, 1.165) is 39.3 Å². The average molecular weight is 349 g/mol. The lowest BCUT2D eigenvalue weighted by molar-refractivity contribution is -0.117. The van der Waals surface area contributed by atoms with Crippen molar-refractivity contribution < 1.29 is 4.79 Å². The van der Waals surface area contributed by atoms with Gasteiger partial charge < -0.3 is 15.2 Å². The fourth-order valence-corrected chi connectivity index (χ4v) is 3.16. The molecule has 1 aromatic carbocycles. The van der Waals surface area contributed by atoms with Crippen molar-refractivity contribution in [3.63, 3.8) is 0 Å². The molecule has 1 amide bonds. The number of carbonyl (C=O) groups excluding carboxylic acids is 1. The van der Waals surface area contributed by atoms with Crippen molar-refractivity contribution in [2.24, 2.45) is 0 Å². The zero-order valence-corrected chi connectivity index (χ0v) is 13.8. The van der Waals surface area contributed by atoms with E-state index < -0.39 is 0 Å². The first-order valence-corrected chi connectivity index (χ1v) is 7.70. The number of aromatic nitrogens is 2. The van der Waals surface area contributed by atoms with Crippen LogP contribution in [0.1, 0.15) is 29.9 Å². The highest BCUT2D eigenvalue weighted by atomic mass is 79.9. The Balaban J connectivity index is 2.10. The summed E-state index contributed by atoms with van der Waals surface area (Å²) in [5.41, 5.74) is 4.89.